The van der Waals surface area contributed by atoms with Crippen LogP contribution in [0.15, 0.2) is 42.5 Å². The summed E-state index contributed by atoms with van der Waals surface area (Å²) < 4.78 is 5.48. The summed E-state index contributed by atoms with van der Waals surface area (Å²) in [5.41, 5.74) is 3.33. The Kier molecular flexibility index (Phi) is 5.36. The molecule has 0 aliphatic heterocycles. The molecule has 5 heteroatoms. The zero-order valence-corrected chi connectivity index (χ0v) is 13.5. The highest BCUT2D eigenvalue weighted by Gasteiger charge is 2.07. The summed E-state index contributed by atoms with van der Waals surface area (Å²) in [5.74, 6) is 0.173. The molecule has 0 unspecified atom stereocenters. The zero-order chi connectivity index (χ0) is 16.8. The lowest BCUT2D eigenvalue weighted by Gasteiger charge is -2.09. The van der Waals surface area contributed by atoms with Gasteiger partial charge in [0.05, 0.1) is 0 Å². The van der Waals surface area contributed by atoms with Crippen LogP contribution in [0.2, 0.25) is 0 Å². The molecule has 2 aromatic carbocycles. The van der Waals surface area contributed by atoms with Gasteiger partial charge in [-0.05, 0) is 55.3 Å². The molecule has 0 radical (unpaired) electrons. The molecule has 120 valence electrons. The lowest BCUT2D eigenvalue weighted by Crippen LogP contribution is -2.21. The van der Waals surface area contributed by atoms with Gasteiger partial charge in [-0.2, -0.15) is 0 Å². The normalized spacial score (nSPS) is 10.0. The van der Waals surface area contributed by atoms with E-state index in [1.54, 1.807) is 31.3 Å². The number of hydrogen-bond donors (Lipinski definition) is 2. The second-order valence-corrected chi connectivity index (χ2v) is 5.24. The summed E-state index contributed by atoms with van der Waals surface area (Å²) >= 11 is 0. The molecule has 2 aromatic rings. The third-order valence-electron chi connectivity index (χ3n) is 3.48. The van der Waals surface area contributed by atoms with Crippen LogP contribution in [0.25, 0.3) is 0 Å². The van der Waals surface area contributed by atoms with Crippen molar-refractivity contribution in [2.75, 3.05) is 19.0 Å². The average molecular weight is 312 g/mol. The van der Waals surface area contributed by atoms with Crippen molar-refractivity contribution in [1.29, 1.82) is 0 Å². The number of rotatable bonds is 5. The summed E-state index contributed by atoms with van der Waals surface area (Å²) in [7, 11) is 1.56. The Hall–Kier alpha value is -2.82. The Balaban J connectivity index is 1.94. The van der Waals surface area contributed by atoms with E-state index in [1.165, 1.54) is 5.56 Å². The number of carbonyl (C=O) groups excluding carboxylic acids is 2. The number of nitrogens with one attached hydrogen (secondary N) is 2. The first-order valence-electron chi connectivity index (χ1n) is 7.31. The highest BCUT2D eigenvalue weighted by atomic mass is 16.5. The van der Waals surface area contributed by atoms with Crippen molar-refractivity contribution in [1.82, 2.24) is 5.32 Å². The van der Waals surface area contributed by atoms with Crippen LogP contribution in [0.1, 0.15) is 21.5 Å². The van der Waals surface area contributed by atoms with Crippen LogP contribution in [0.4, 0.5) is 5.69 Å². The number of carbonyl (C=O) groups is 2. The number of ether oxygens (including phenoxy) is 1. The predicted octanol–water partition coefficient (Wildman–Crippen LogP) is 2.68. The van der Waals surface area contributed by atoms with Crippen LogP contribution in [0.5, 0.6) is 5.75 Å². The molecule has 0 fully saturated rings. The summed E-state index contributed by atoms with van der Waals surface area (Å²) in [6, 6.07) is 12.4. The molecule has 2 N–H and O–H groups in total. The first kappa shape index (κ1) is 16.5. The van der Waals surface area contributed by atoms with Crippen molar-refractivity contribution < 1.29 is 14.3 Å². The molecule has 0 aliphatic rings. The molecule has 23 heavy (non-hydrogen) atoms. The van der Waals surface area contributed by atoms with Gasteiger partial charge in [0.2, 0.25) is 0 Å². The fourth-order valence-corrected chi connectivity index (χ4v) is 2.03. The van der Waals surface area contributed by atoms with Gasteiger partial charge in [-0.1, -0.05) is 12.1 Å². The summed E-state index contributed by atoms with van der Waals surface area (Å²) in [4.78, 5) is 23.5. The van der Waals surface area contributed by atoms with Gasteiger partial charge in [-0.15, -0.1) is 0 Å². The van der Waals surface area contributed by atoms with Crippen molar-refractivity contribution in [3.8, 4) is 5.75 Å². The van der Waals surface area contributed by atoms with Gasteiger partial charge < -0.3 is 15.4 Å². The fourth-order valence-electron chi connectivity index (χ4n) is 2.03. The molecule has 0 bridgehead atoms. The Labute approximate surface area is 135 Å². The maximum absolute atomic E-state index is 12.0. The van der Waals surface area contributed by atoms with Crippen LogP contribution in [0, 0.1) is 13.8 Å². The maximum Gasteiger partial charge on any atom is 0.262 e. The van der Waals surface area contributed by atoms with Gasteiger partial charge in [0.15, 0.2) is 6.61 Å². The maximum atomic E-state index is 12.0. The molecule has 0 spiro atoms. The van der Waals surface area contributed by atoms with Crippen molar-refractivity contribution in [3.05, 3.63) is 59.2 Å². The minimum Gasteiger partial charge on any atom is -0.484 e. The molecule has 0 saturated carbocycles. The standard InChI is InChI=1S/C18H20N2O3/c1-12-7-8-16(9-13(12)2)23-11-17(21)20-15-6-4-5-14(10-15)18(22)19-3/h4-10H,11H2,1-3H3,(H,19,22)(H,20,21). The van der Waals surface area contributed by atoms with E-state index in [4.69, 9.17) is 4.74 Å². The van der Waals surface area contributed by atoms with Crippen molar-refractivity contribution in [3.63, 3.8) is 0 Å². The largest absolute Gasteiger partial charge is 0.484 e. The van der Waals surface area contributed by atoms with Crippen molar-refractivity contribution in [2.45, 2.75) is 13.8 Å². The van der Waals surface area contributed by atoms with E-state index < -0.39 is 0 Å². The second-order valence-electron chi connectivity index (χ2n) is 5.24. The lowest BCUT2D eigenvalue weighted by molar-refractivity contribution is -0.118. The Morgan fingerprint density at radius 3 is 2.52 bits per heavy atom. The van der Waals surface area contributed by atoms with Gasteiger partial charge in [-0.25, -0.2) is 0 Å². The van der Waals surface area contributed by atoms with Crippen LogP contribution in [-0.4, -0.2) is 25.5 Å². The summed E-state index contributed by atoms with van der Waals surface area (Å²) in [5, 5.41) is 5.26. The lowest BCUT2D eigenvalue weighted by atomic mass is 10.1. The molecule has 0 aromatic heterocycles. The average Bonchev–Trinajstić information content (AvgIpc) is 2.55. The van der Waals surface area contributed by atoms with E-state index in [1.807, 2.05) is 32.0 Å². The predicted molar refractivity (Wildman–Crippen MR) is 89.9 cm³/mol. The molecule has 0 atom stereocenters. The second kappa shape index (κ2) is 7.45. The van der Waals surface area contributed by atoms with E-state index >= 15 is 0 Å². The van der Waals surface area contributed by atoms with Crippen molar-refractivity contribution in [2.24, 2.45) is 0 Å². The molecule has 0 heterocycles. The highest BCUT2D eigenvalue weighted by Crippen LogP contribution is 2.16. The summed E-state index contributed by atoms with van der Waals surface area (Å²) in [6.07, 6.45) is 0. The molecular weight excluding hydrogens is 292 g/mol. The van der Waals surface area contributed by atoms with Gasteiger partial charge >= 0.3 is 0 Å². The summed E-state index contributed by atoms with van der Waals surface area (Å²) in [6.45, 7) is 3.92. The van der Waals surface area contributed by atoms with E-state index in [9.17, 15) is 9.59 Å². The fraction of sp³-hybridized carbons (Fsp3) is 0.222. The number of aryl methyl sites for hydroxylation is 2. The van der Waals surface area contributed by atoms with E-state index in [-0.39, 0.29) is 18.4 Å². The van der Waals surface area contributed by atoms with Gasteiger partial charge in [0, 0.05) is 18.3 Å². The van der Waals surface area contributed by atoms with Crippen LogP contribution < -0.4 is 15.4 Å². The molecule has 0 saturated heterocycles. The Morgan fingerprint density at radius 2 is 1.83 bits per heavy atom. The van der Waals surface area contributed by atoms with Gasteiger partial charge in [0.25, 0.3) is 11.8 Å². The first-order valence-corrected chi connectivity index (χ1v) is 7.31. The monoisotopic (exact) mass is 312 g/mol. The highest BCUT2D eigenvalue weighted by molar-refractivity contribution is 5.97. The molecule has 2 amide bonds. The Morgan fingerprint density at radius 1 is 1.04 bits per heavy atom. The number of anilines is 1. The third kappa shape index (κ3) is 4.57. The van der Waals surface area contributed by atoms with Crippen molar-refractivity contribution >= 4 is 17.5 Å². The van der Waals surface area contributed by atoms with Crippen LogP contribution in [-0.2, 0) is 4.79 Å². The van der Waals surface area contributed by atoms with Crippen LogP contribution >= 0.6 is 0 Å². The first-order chi connectivity index (χ1) is 11.0. The van der Waals surface area contributed by atoms with E-state index in [2.05, 4.69) is 10.6 Å². The SMILES string of the molecule is CNC(=O)c1cccc(NC(=O)COc2ccc(C)c(C)c2)c1. The Bertz CT molecular complexity index is 726. The molecule has 2 rings (SSSR count). The minimum atomic E-state index is -0.280. The third-order valence-corrected chi connectivity index (χ3v) is 3.48. The molecular formula is C18H20N2O3. The van der Waals surface area contributed by atoms with Gasteiger partial charge in [-0.3, -0.25) is 9.59 Å². The van der Waals surface area contributed by atoms with Crippen LogP contribution in [0.3, 0.4) is 0 Å². The number of benzene rings is 2. The topological polar surface area (TPSA) is 67.4 Å². The smallest absolute Gasteiger partial charge is 0.262 e. The number of amides is 2. The van der Waals surface area contributed by atoms with E-state index in [0.29, 0.717) is 17.0 Å². The van der Waals surface area contributed by atoms with E-state index in [0.717, 1.165) is 5.56 Å². The molecule has 0 aliphatic carbocycles. The van der Waals surface area contributed by atoms with Gasteiger partial charge in [0.1, 0.15) is 5.75 Å². The zero-order valence-electron chi connectivity index (χ0n) is 13.5. The minimum absolute atomic E-state index is 0.0906. The number of hydrogen-bond acceptors (Lipinski definition) is 3. The molecule has 5 nitrogen and oxygen atoms in total. The quantitative estimate of drug-likeness (QED) is 0.892.